The van der Waals surface area contributed by atoms with Crippen LogP contribution in [0.15, 0.2) is 10.6 Å². The van der Waals surface area contributed by atoms with Crippen molar-refractivity contribution in [3.8, 4) is 0 Å². The van der Waals surface area contributed by atoms with Crippen molar-refractivity contribution in [2.45, 2.75) is 38.5 Å². The Bertz CT molecular complexity index is 696. The van der Waals surface area contributed by atoms with E-state index in [0.717, 1.165) is 43.5 Å². The van der Waals surface area contributed by atoms with E-state index in [9.17, 15) is 0 Å². The van der Waals surface area contributed by atoms with Crippen molar-refractivity contribution in [2.75, 3.05) is 42.2 Å². The molecule has 0 amide bonds. The van der Waals surface area contributed by atoms with Gasteiger partial charge in [0.25, 0.3) is 0 Å². The first-order chi connectivity index (χ1) is 12.1. The maximum atomic E-state index is 8.92. The molecule has 0 radical (unpaired) electrons. The Morgan fingerprint density at radius 1 is 1.32 bits per heavy atom. The summed E-state index contributed by atoms with van der Waals surface area (Å²) in [7, 11) is 0. The van der Waals surface area contributed by atoms with Crippen LogP contribution in [0, 0.1) is 0 Å². The maximum absolute atomic E-state index is 8.92. The number of hydrogen-bond acceptors (Lipinski definition) is 9. The van der Waals surface area contributed by atoms with Gasteiger partial charge in [0.2, 0.25) is 11.8 Å². The first-order valence-corrected chi connectivity index (χ1v) is 8.64. The van der Waals surface area contributed by atoms with Gasteiger partial charge in [-0.25, -0.2) is 0 Å². The maximum Gasteiger partial charge on any atom is 0.229 e. The van der Waals surface area contributed by atoms with Crippen LogP contribution in [0.2, 0.25) is 0 Å². The van der Waals surface area contributed by atoms with Crippen LogP contribution in [0.4, 0.5) is 17.6 Å². The number of aliphatic hydroxyl groups excluding tert-OH is 1. The van der Waals surface area contributed by atoms with Gasteiger partial charge >= 0.3 is 0 Å². The van der Waals surface area contributed by atoms with Crippen molar-refractivity contribution in [2.24, 2.45) is 0 Å². The van der Waals surface area contributed by atoms with Gasteiger partial charge in [-0.15, -0.1) is 0 Å². The molecule has 2 aromatic rings. The van der Waals surface area contributed by atoms with Gasteiger partial charge in [-0.2, -0.15) is 15.0 Å². The van der Waals surface area contributed by atoms with Crippen LogP contribution in [0.5, 0.6) is 0 Å². The van der Waals surface area contributed by atoms with Crippen LogP contribution in [-0.2, 0) is 0 Å². The molecule has 3 rings (SSSR count). The highest BCUT2D eigenvalue weighted by atomic mass is 16.5. The average molecular weight is 347 g/mol. The van der Waals surface area contributed by atoms with Gasteiger partial charge in [-0.1, -0.05) is 19.0 Å². The van der Waals surface area contributed by atoms with E-state index in [1.165, 1.54) is 0 Å². The second-order valence-electron chi connectivity index (χ2n) is 6.53. The second-order valence-corrected chi connectivity index (χ2v) is 6.53. The fraction of sp³-hybridized carbons (Fsp3) is 0.625. The third-order valence-electron chi connectivity index (χ3n) is 4.29. The first kappa shape index (κ1) is 17.4. The molecule has 136 valence electrons. The summed E-state index contributed by atoms with van der Waals surface area (Å²) < 4.78 is 5.43. The molecule has 0 atom stereocenters. The largest absolute Gasteiger partial charge is 0.395 e. The quantitative estimate of drug-likeness (QED) is 0.709. The minimum Gasteiger partial charge on any atom is -0.395 e. The van der Waals surface area contributed by atoms with Crippen LogP contribution in [-0.4, -0.2) is 51.5 Å². The van der Waals surface area contributed by atoms with Gasteiger partial charge in [0, 0.05) is 37.5 Å². The molecule has 1 aliphatic heterocycles. The lowest BCUT2D eigenvalue weighted by Gasteiger charge is -2.31. The number of rotatable bonds is 6. The SMILES string of the molecule is CC(C)c1noc(C2CCN(c3cc(NCCO)nc(N)n3)CC2)n1. The number of nitrogens with zero attached hydrogens (tertiary/aromatic N) is 5. The summed E-state index contributed by atoms with van der Waals surface area (Å²) in [5, 5.41) is 16.0. The third kappa shape index (κ3) is 4.16. The van der Waals surface area contributed by atoms with Gasteiger partial charge in [0.05, 0.1) is 6.61 Å². The summed E-state index contributed by atoms with van der Waals surface area (Å²) in [6, 6.07) is 1.86. The zero-order chi connectivity index (χ0) is 17.8. The summed E-state index contributed by atoms with van der Waals surface area (Å²) in [6.07, 6.45) is 1.84. The Morgan fingerprint density at radius 2 is 2.08 bits per heavy atom. The van der Waals surface area contributed by atoms with E-state index in [2.05, 4.69) is 44.2 Å². The van der Waals surface area contributed by atoms with Crippen molar-refractivity contribution in [3.63, 3.8) is 0 Å². The predicted octanol–water partition coefficient (Wildman–Crippen LogP) is 1.35. The molecule has 0 saturated carbocycles. The monoisotopic (exact) mass is 347 g/mol. The summed E-state index contributed by atoms with van der Waals surface area (Å²) in [4.78, 5) is 15.2. The molecule has 0 aromatic carbocycles. The summed E-state index contributed by atoms with van der Waals surface area (Å²) in [6.45, 7) is 6.23. The number of hydrogen-bond donors (Lipinski definition) is 3. The fourth-order valence-electron chi connectivity index (χ4n) is 2.89. The third-order valence-corrected chi connectivity index (χ3v) is 4.29. The first-order valence-electron chi connectivity index (χ1n) is 8.64. The van der Waals surface area contributed by atoms with E-state index in [-0.39, 0.29) is 24.4 Å². The highest BCUT2D eigenvalue weighted by Gasteiger charge is 2.26. The summed E-state index contributed by atoms with van der Waals surface area (Å²) >= 11 is 0. The Morgan fingerprint density at radius 3 is 2.72 bits per heavy atom. The molecule has 0 unspecified atom stereocenters. The smallest absolute Gasteiger partial charge is 0.229 e. The minimum atomic E-state index is 0.0349. The normalized spacial score (nSPS) is 15.8. The Balaban J connectivity index is 1.64. The molecule has 1 fully saturated rings. The molecule has 0 spiro atoms. The van der Waals surface area contributed by atoms with E-state index in [4.69, 9.17) is 15.4 Å². The van der Waals surface area contributed by atoms with Gasteiger partial charge < -0.3 is 25.6 Å². The molecule has 1 aliphatic rings. The van der Waals surface area contributed by atoms with Crippen molar-refractivity contribution in [1.29, 1.82) is 0 Å². The number of nitrogens with one attached hydrogen (secondary N) is 1. The van der Waals surface area contributed by atoms with Gasteiger partial charge in [-0.05, 0) is 12.8 Å². The standard InChI is InChI=1S/C16H25N7O2/c1-10(2)14-21-15(25-22-14)11-3-6-23(7-4-11)13-9-12(18-5-8-24)19-16(17)20-13/h9-11,24H,3-8H2,1-2H3,(H3,17,18,19,20). The van der Waals surface area contributed by atoms with Crippen LogP contribution in [0.1, 0.15) is 50.2 Å². The molecule has 3 heterocycles. The zero-order valence-corrected chi connectivity index (χ0v) is 14.6. The number of anilines is 3. The molecule has 0 bridgehead atoms. The lowest BCUT2D eigenvalue weighted by Crippen LogP contribution is -2.34. The average Bonchev–Trinajstić information content (AvgIpc) is 3.10. The lowest BCUT2D eigenvalue weighted by atomic mass is 9.97. The van der Waals surface area contributed by atoms with Crippen LogP contribution in [0.3, 0.4) is 0 Å². The van der Waals surface area contributed by atoms with Crippen LogP contribution < -0.4 is 16.0 Å². The Hall–Kier alpha value is -2.42. The van der Waals surface area contributed by atoms with E-state index in [1.807, 2.05) is 6.07 Å². The van der Waals surface area contributed by atoms with Gasteiger partial charge in [0.1, 0.15) is 11.6 Å². The van der Waals surface area contributed by atoms with Crippen LogP contribution >= 0.6 is 0 Å². The van der Waals surface area contributed by atoms with E-state index in [0.29, 0.717) is 12.4 Å². The second kappa shape index (κ2) is 7.64. The molecule has 2 aromatic heterocycles. The number of aromatic nitrogens is 4. The fourth-order valence-corrected chi connectivity index (χ4v) is 2.89. The molecule has 1 saturated heterocycles. The topological polar surface area (TPSA) is 126 Å². The van der Waals surface area contributed by atoms with Crippen LogP contribution in [0.25, 0.3) is 0 Å². The highest BCUT2D eigenvalue weighted by molar-refractivity contribution is 5.52. The zero-order valence-electron chi connectivity index (χ0n) is 14.6. The highest BCUT2D eigenvalue weighted by Crippen LogP contribution is 2.30. The predicted molar refractivity (Wildman–Crippen MR) is 94.6 cm³/mol. The number of piperidine rings is 1. The Kier molecular flexibility index (Phi) is 5.32. The number of nitrogen functional groups attached to an aromatic ring is 1. The number of nitrogens with two attached hydrogens (primary N) is 1. The van der Waals surface area contributed by atoms with E-state index in [1.54, 1.807) is 0 Å². The van der Waals surface area contributed by atoms with E-state index >= 15 is 0 Å². The lowest BCUT2D eigenvalue weighted by molar-refractivity contribution is 0.311. The Labute approximate surface area is 146 Å². The van der Waals surface area contributed by atoms with Gasteiger partial charge in [0.15, 0.2) is 5.82 Å². The van der Waals surface area contributed by atoms with Crippen molar-refractivity contribution in [1.82, 2.24) is 20.1 Å². The molecule has 25 heavy (non-hydrogen) atoms. The molecule has 9 nitrogen and oxygen atoms in total. The van der Waals surface area contributed by atoms with Gasteiger partial charge in [-0.3, -0.25) is 0 Å². The minimum absolute atomic E-state index is 0.0349. The molecular weight excluding hydrogens is 322 g/mol. The summed E-state index contributed by atoms with van der Waals surface area (Å²) in [5.74, 6) is 3.68. The molecule has 4 N–H and O–H groups in total. The molecule has 9 heteroatoms. The number of aliphatic hydroxyl groups is 1. The van der Waals surface area contributed by atoms with Crippen molar-refractivity contribution < 1.29 is 9.63 Å². The van der Waals surface area contributed by atoms with E-state index < -0.39 is 0 Å². The molecule has 0 aliphatic carbocycles. The van der Waals surface area contributed by atoms with Crippen molar-refractivity contribution >= 4 is 17.6 Å². The molecular formula is C16H25N7O2. The van der Waals surface area contributed by atoms with Crippen molar-refractivity contribution in [3.05, 3.63) is 17.8 Å². The summed E-state index contributed by atoms with van der Waals surface area (Å²) in [5.41, 5.74) is 5.80.